The Morgan fingerprint density at radius 1 is 1.25 bits per heavy atom. The highest BCUT2D eigenvalue weighted by Crippen LogP contribution is 2.55. The molecule has 0 aromatic heterocycles. The summed E-state index contributed by atoms with van der Waals surface area (Å²) in [5, 5.41) is 15.4. The first-order valence-electron chi connectivity index (χ1n) is 7.95. The van der Waals surface area contributed by atoms with Crippen LogP contribution < -0.4 is 16.4 Å². The Bertz CT molecular complexity index is 348. The molecule has 4 rings (SSSR count). The van der Waals surface area contributed by atoms with E-state index in [2.05, 4.69) is 10.6 Å². The Morgan fingerprint density at radius 3 is 2.20 bits per heavy atom. The van der Waals surface area contributed by atoms with Gasteiger partial charge in [0.2, 0.25) is 0 Å². The van der Waals surface area contributed by atoms with Gasteiger partial charge >= 0.3 is 6.03 Å². The second kappa shape index (κ2) is 5.19. The van der Waals surface area contributed by atoms with E-state index >= 15 is 0 Å². The van der Waals surface area contributed by atoms with E-state index in [0.717, 1.165) is 37.0 Å². The SMILES string of the molecule is CC(O)C(N)CNC(=O)NC12CC3CC(CC(C3)C1)C2. The Morgan fingerprint density at radius 2 is 1.75 bits per heavy atom. The highest BCUT2D eigenvalue weighted by molar-refractivity contribution is 5.75. The third-order valence-corrected chi connectivity index (χ3v) is 5.53. The molecule has 4 aliphatic carbocycles. The van der Waals surface area contributed by atoms with E-state index in [9.17, 15) is 9.90 Å². The lowest BCUT2D eigenvalue weighted by Gasteiger charge is -2.56. The standard InChI is InChI=1S/C15H27N3O2/c1-9(19)13(16)8-17-14(20)18-15-5-10-2-11(6-15)4-12(3-10)7-15/h9-13,19H,2-8,16H2,1H3,(H2,17,18,20). The van der Waals surface area contributed by atoms with Gasteiger partial charge in [-0.3, -0.25) is 0 Å². The maximum Gasteiger partial charge on any atom is 0.315 e. The highest BCUT2D eigenvalue weighted by Gasteiger charge is 2.51. The van der Waals surface area contributed by atoms with Crippen LogP contribution in [-0.4, -0.2) is 35.4 Å². The summed E-state index contributed by atoms with van der Waals surface area (Å²) < 4.78 is 0. The fourth-order valence-corrected chi connectivity index (χ4v) is 4.93. The number of hydrogen-bond donors (Lipinski definition) is 4. The summed E-state index contributed by atoms with van der Waals surface area (Å²) in [6.45, 7) is 1.96. The van der Waals surface area contributed by atoms with Gasteiger partial charge in [0.25, 0.3) is 0 Å². The molecule has 0 radical (unpaired) electrons. The second-order valence-corrected chi connectivity index (χ2v) is 7.44. The van der Waals surface area contributed by atoms with Crippen molar-refractivity contribution in [1.82, 2.24) is 10.6 Å². The van der Waals surface area contributed by atoms with Crippen LogP contribution >= 0.6 is 0 Å². The zero-order chi connectivity index (χ0) is 14.3. The van der Waals surface area contributed by atoms with Gasteiger partial charge in [0.15, 0.2) is 0 Å². The number of urea groups is 1. The number of amides is 2. The fraction of sp³-hybridized carbons (Fsp3) is 0.933. The largest absolute Gasteiger partial charge is 0.392 e. The van der Waals surface area contributed by atoms with Crippen molar-refractivity contribution in [2.75, 3.05) is 6.54 Å². The number of hydrogen-bond acceptors (Lipinski definition) is 3. The molecule has 2 amide bonds. The van der Waals surface area contributed by atoms with Gasteiger partial charge < -0.3 is 21.5 Å². The van der Waals surface area contributed by atoms with Gasteiger partial charge in [-0.2, -0.15) is 0 Å². The molecule has 0 heterocycles. The summed E-state index contributed by atoms with van der Waals surface area (Å²) in [7, 11) is 0. The van der Waals surface area contributed by atoms with E-state index in [4.69, 9.17) is 5.73 Å². The molecule has 2 atom stereocenters. The monoisotopic (exact) mass is 281 g/mol. The number of nitrogens with two attached hydrogens (primary N) is 1. The Hall–Kier alpha value is -0.810. The van der Waals surface area contributed by atoms with Crippen LogP contribution in [0.2, 0.25) is 0 Å². The first-order valence-corrected chi connectivity index (χ1v) is 7.95. The number of rotatable bonds is 4. The quantitative estimate of drug-likeness (QED) is 0.619. The first kappa shape index (κ1) is 14.1. The normalized spacial score (nSPS) is 41.2. The van der Waals surface area contributed by atoms with Gasteiger partial charge in [0.1, 0.15) is 0 Å². The van der Waals surface area contributed by atoms with Gasteiger partial charge in [-0.1, -0.05) is 0 Å². The van der Waals surface area contributed by atoms with E-state index < -0.39 is 12.1 Å². The second-order valence-electron chi connectivity index (χ2n) is 7.44. The molecule has 5 N–H and O–H groups in total. The van der Waals surface area contributed by atoms with Crippen molar-refractivity contribution < 1.29 is 9.90 Å². The molecule has 5 heteroatoms. The molecule has 4 aliphatic rings. The van der Waals surface area contributed by atoms with Gasteiger partial charge in [-0.05, 0) is 63.2 Å². The molecular formula is C15H27N3O2. The predicted molar refractivity (Wildman–Crippen MR) is 77.1 cm³/mol. The van der Waals surface area contributed by atoms with Crippen molar-refractivity contribution >= 4 is 6.03 Å². The molecule has 0 aromatic rings. The number of nitrogens with one attached hydrogen (secondary N) is 2. The molecule has 4 saturated carbocycles. The van der Waals surface area contributed by atoms with Crippen LogP contribution in [0.4, 0.5) is 4.79 Å². The third kappa shape index (κ3) is 2.79. The zero-order valence-corrected chi connectivity index (χ0v) is 12.3. The fourth-order valence-electron chi connectivity index (χ4n) is 4.93. The van der Waals surface area contributed by atoms with Crippen molar-refractivity contribution in [2.45, 2.75) is 63.1 Å². The average Bonchev–Trinajstić information content (AvgIpc) is 2.33. The lowest BCUT2D eigenvalue weighted by atomic mass is 9.53. The van der Waals surface area contributed by atoms with Crippen LogP contribution in [-0.2, 0) is 0 Å². The van der Waals surface area contributed by atoms with Crippen LogP contribution in [0.5, 0.6) is 0 Å². The molecular weight excluding hydrogens is 254 g/mol. The van der Waals surface area contributed by atoms with Crippen LogP contribution in [0.3, 0.4) is 0 Å². The maximum absolute atomic E-state index is 12.1. The summed E-state index contributed by atoms with van der Waals surface area (Å²) in [5.74, 6) is 2.46. The van der Waals surface area contributed by atoms with E-state index in [1.54, 1.807) is 6.92 Å². The van der Waals surface area contributed by atoms with Crippen molar-refractivity contribution in [3.63, 3.8) is 0 Å². The molecule has 0 spiro atoms. The van der Waals surface area contributed by atoms with Gasteiger partial charge in [0, 0.05) is 18.1 Å². The van der Waals surface area contributed by atoms with E-state index in [1.807, 2.05) is 0 Å². The summed E-state index contributed by atoms with van der Waals surface area (Å²) in [6.07, 6.45) is 6.95. The van der Waals surface area contributed by atoms with Crippen LogP contribution in [0.1, 0.15) is 45.4 Å². The van der Waals surface area contributed by atoms with Crippen molar-refractivity contribution in [3.8, 4) is 0 Å². The number of carbonyl (C=O) groups is 1. The Kier molecular flexibility index (Phi) is 3.67. The van der Waals surface area contributed by atoms with Crippen LogP contribution in [0, 0.1) is 17.8 Å². The minimum absolute atomic E-state index is 0.0355. The van der Waals surface area contributed by atoms with Crippen LogP contribution in [0.25, 0.3) is 0 Å². The minimum atomic E-state index is -0.602. The van der Waals surface area contributed by atoms with Crippen molar-refractivity contribution in [3.05, 3.63) is 0 Å². The molecule has 20 heavy (non-hydrogen) atoms. The molecule has 0 aliphatic heterocycles. The van der Waals surface area contributed by atoms with Gasteiger partial charge in [-0.25, -0.2) is 4.79 Å². The summed E-state index contributed by atoms with van der Waals surface area (Å²) in [5.41, 5.74) is 5.77. The number of aliphatic hydroxyl groups excluding tert-OH is 1. The average molecular weight is 281 g/mol. The van der Waals surface area contributed by atoms with Gasteiger partial charge in [0.05, 0.1) is 6.10 Å². The minimum Gasteiger partial charge on any atom is -0.392 e. The smallest absolute Gasteiger partial charge is 0.315 e. The molecule has 0 saturated heterocycles. The van der Waals surface area contributed by atoms with Crippen molar-refractivity contribution in [2.24, 2.45) is 23.5 Å². The maximum atomic E-state index is 12.1. The highest BCUT2D eigenvalue weighted by atomic mass is 16.3. The Labute approximate surface area is 120 Å². The van der Waals surface area contributed by atoms with Crippen LogP contribution in [0.15, 0.2) is 0 Å². The molecule has 4 fully saturated rings. The molecule has 2 unspecified atom stereocenters. The zero-order valence-electron chi connectivity index (χ0n) is 12.3. The molecule has 4 bridgehead atoms. The number of aliphatic hydroxyl groups is 1. The molecule has 114 valence electrons. The summed E-state index contributed by atoms with van der Waals surface area (Å²) in [4.78, 5) is 12.1. The predicted octanol–water partition coefficient (Wildman–Crippen LogP) is 0.962. The van der Waals surface area contributed by atoms with Gasteiger partial charge in [-0.15, -0.1) is 0 Å². The van der Waals surface area contributed by atoms with E-state index in [1.165, 1.54) is 19.3 Å². The lowest BCUT2D eigenvalue weighted by molar-refractivity contribution is -0.0135. The summed E-state index contributed by atoms with van der Waals surface area (Å²) >= 11 is 0. The van der Waals surface area contributed by atoms with E-state index in [0.29, 0.717) is 6.54 Å². The topological polar surface area (TPSA) is 87.4 Å². The molecule has 5 nitrogen and oxygen atoms in total. The first-order chi connectivity index (χ1) is 9.46. The Balaban J connectivity index is 1.54. The number of carbonyl (C=O) groups excluding carboxylic acids is 1. The summed E-state index contributed by atoms with van der Waals surface area (Å²) in [6, 6.07) is -0.528. The lowest BCUT2D eigenvalue weighted by Crippen LogP contribution is -2.62. The molecule has 0 aromatic carbocycles. The van der Waals surface area contributed by atoms with Crippen molar-refractivity contribution in [1.29, 1.82) is 0 Å². The third-order valence-electron chi connectivity index (χ3n) is 5.53. The van der Waals surface area contributed by atoms with E-state index in [-0.39, 0.29) is 11.6 Å².